The average molecular weight is 255 g/mol. The molecule has 0 radical (unpaired) electrons. The molecule has 0 heteroatoms. The van der Waals surface area contributed by atoms with E-state index in [0.717, 1.165) is 29.6 Å². The third-order valence-electron chi connectivity index (χ3n) is 6.16. The van der Waals surface area contributed by atoms with Gasteiger partial charge in [0.15, 0.2) is 0 Å². The third-order valence-corrected chi connectivity index (χ3v) is 6.16. The van der Waals surface area contributed by atoms with Crippen LogP contribution < -0.4 is 0 Å². The van der Waals surface area contributed by atoms with Crippen LogP contribution in [0.3, 0.4) is 0 Å². The Hall–Kier alpha value is 0. The van der Waals surface area contributed by atoms with E-state index in [2.05, 4.69) is 76.2 Å². The second kappa shape index (κ2) is 5.97. The maximum atomic E-state index is 2.48. The summed E-state index contributed by atoms with van der Waals surface area (Å²) in [5, 5.41) is 0. The molecule has 0 aliphatic rings. The zero-order valence-corrected chi connectivity index (χ0v) is 14.9. The fourth-order valence-electron chi connectivity index (χ4n) is 3.42. The van der Waals surface area contributed by atoms with Crippen molar-refractivity contribution in [2.24, 2.45) is 40.4 Å². The van der Waals surface area contributed by atoms with Crippen molar-refractivity contribution in [3.8, 4) is 0 Å². The van der Waals surface area contributed by atoms with Crippen LogP contribution in [0.15, 0.2) is 0 Å². The Labute approximate surface area is 117 Å². The summed E-state index contributed by atoms with van der Waals surface area (Å²) in [5.74, 6) is 3.72. The van der Waals surface area contributed by atoms with E-state index in [1.54, 1.807) is 0 Å². The van der Waals surface area contributed by atoms with Crippen LogP contribution in [0, 0.1) is 40.4 Å². The summed E-state index contributed by atoms with van der Waals surface area (Å²) >= 11 is 0. The molecule has 0 nitrogen and oxygen atoms in total. The number of rotatable bonds is 6. The van der Waals surface area contributed by atoms with Crippen molar-refractivity contribution in [2.75, 3.05) is 0 Å². The minimum absolute atomic E-state index is 0.386. The standard InChI is InChI=1S/C18H38/c1-12(2)15(7)16(17(8,9)13(3)4)18(10,11)14(5)6/h12-16H,1-11H3. The van der Waals surface area contributed by atoms with E-state index in [9.17, 15) is 0 Å². The van der Waals surface area contributed by atoms with E-state index in [1.165, 1.54) is 0 Å². The highest BCUT2D eigenvalue weighted by Gasteiger charge is 2.46. The predicted octanol–water partition coefficient (Wildman–Crippen LogP) is 6.26. The average Bonchev–Trinajstić information content (AvgIpc) is 2.15. The molecule has 1 unspecified atom stereocenters. The first-order chi connectivity index (χ1) is 7.86. The van der Waals surface area contributed by atoms with Crippen LogP contribution in [0.5, 0.6) is 0 Å². The van der Waals surface area contributed by atoms with Crippen LogP contribution in [-0.4, -0.2) is 0 Å². The molecule has 0 rings (SSSR count). The third kappa shape index (κ3) is 3.52. The molecule has 1 atom stereocenters. The Morgan fingerprint density at radius 2 is 0.833 bits per heavy atom. The monoisotopic (exact) mass is 254 g/mol. The van der Waals surface area contributed by atoms with E-state index in [0.29, 0.717) is 10.8 Å². The lowest BCUT2D eigenvalue weighted by Crippen LogP contribution is -2.47. The Bertz CT molecular complexity index is 223. The molecule has 0 amide bonds. The molecule has 0 N–H and O–H groups in total. The van der Waals surface area contributed by atoms with Crippen LogP contribution >= 0.6 is 0 Å². The Morgan fingerprint density at radius 1 is 0.556 bits per heavy atom. The van der Waals surface area contributed by atoms with Crippen LogP contribution in [0.4, 0.5) is 0 Å². The van der Waals surface area contributed by atoms with Gasteiger partial charge >= 0.3 is 0 Å². The molecule has 0 aliphatic heterocycles. The van der Waals surface area contributed by atoms with Gasteiger partial charge in [0, 0.05) is 0 Å². The molecule has 0 saturated carbocycles. The molecule has 18 heavy (non-hydrogen) atoms. The van der Waals surface area contributed by atoms with Crippen molar-refractivity contribution in [2.45, 2.75) is 76.2 Å². The van der Waals surface area contributed by atoms with Gasteiger partial charge in [-0.05, 0) is 40.4 Å². The molecule has 0 heterocycles. The van der Waals surface area contributed by atoms with E-state index in [-0.39, 0.29) is 0 Å². The Kier molecular flexibility index (Phi) is 5.97. The van der Waals surface area contributed by atoms with Crippen LogP contribution in [0.2, 0.25) is 0 Å². The second-order valence-electron chi connectivity index (χ2n) is 8.53. The SMILES string of the molecule is CC(C)C(C)C(C(C)(C)C(C)C)C(C)(C)C(C)C. The van der Waals surface area contributed by atoms with Gasteiger partial charge in [0.2, 0.25) is 0 Å². The van der Waals surface area contributed by atoms with Gasteiger partial charge in [-0.25, -0.2) is 0 Å². The lowest BCUT2D eigenvalue weighted by atomic mass is 9.52. The normalized spacial score (nSPS) is 16.2. The molecule has 0 bridgehead atoms. The number of hydrogen-bond donors (Lipinski definition) is 0. The summed E-state index contributed by atoms with van der Waals surface area (Å²) in [6.07, 6.45) is 0. The lowest BCUT2D eigenvalue weighted by Gasteiger charge is -2.53. The molecule has 0 fully saturated rings. The van der Waals surface area contributed by atoms with E-state index in [4.69, 9.17) is 0 Å². The van der Waals surface area contributed by atoms with Crippen LogP contribution in [-0.2, 0) is 0 Å². The summed E-state index contributed by atoms with van der Waals surface area (Å²) in [6, 6.07) is 0. The molecule has 0 aromatic carbocycles. The summed E-state index contributed by atoms with van der Waals surface area (Å²) in [6.45, 7) is 26.7. The summed E-state index contributed by atoms with van der Waals surface area (Å²) in [5.41, 5.74) is 0.773. The van der Waals surface area contributed by atoms with Crippen molar-refractivity contribution < 1.29 is 0 Å². The molecule has 0 spiro atoms. The lowest BCUT2D eigenvalue weighted by molar-refractivity contribution is -0.0446. The van der Waals surface area contributed by atoms with Crippen molar-refractivity contribution >= 4 is 0 Å². The maximum Gasteiger partial charge on any atom is -0.0278 e. The van der Waals surface area contributed by atoms with Gasteiger partial charge < -0.3 is 0 Å². The topological polar surface area (TPSA) is 0 Å². The van der Waals surface area contributed by atoms with Crippen LogP contribution in [0.1, 0.15) is 76.2 Å². The first-order valence-electron chi connectivity index (χ1n) is 7.86. The predicted molar refractivity (Wildman–Crippen MR) is 84.7 cm³/mol. The fraction of sp³-hybridized carbons (Fsp3) is 1.00. The van der Waals surface area contributed by atoms with Crippen molar-refractivity contribution in [1.29, 1.82) is 0 Å². The molecule has 0 aromatic heterocycles. The van der Waals surface area contributed by atoms with E-state index < -0.39 is 0 Å². The smallest absolute Gasteiger partial charge is 0.0278 e. The molecular weight excluding hydrogens is 216 g/mol. The molecule has 110 valence electrons. The van der Waals surface area contributed by atoms with Gasteiger partial charge in [-0.1, -0.05) is 76.2 Å². The van der Waals surface area contributed by atoms with Gasteiger partial charge in [-0.15, -0.1) is 0 Å². The zero-order chi connectivity index (χ0) is 14.9. The van der Waals surface area contributed by atoms with Crippen LogP contribution in [0.25, 0.3) is 0 Å². The van der Waals surface area contributed by atoms with Crippen molar-refractivity contribution in [1.82, 2.24) is 0 Å². The van der Waals surface area contributed by atoms with E-state index in [1.807, 2.05) is 0 Å². The molecular formula is C18H38. The first kappa shape index (κ1) is 18.0. The summed E-state index contributed by atoms with van der Waals surface area (Å²) in [7, 11) is 0. The Morgan fingerprint density at radius 3 is 1.00 bits per heavy atom. The minimum Gasteiger partial charge on any atom is -0.0625 e. The van der Waals surface area contributed by atoms with Gasteiger partial charge in [-0.3, -0.25) is 0 Å². The largest absolute Gasteiger partial charge is 0.0625 e. The van der Waals surface area contributed by atoms with E-state index >= 15 is 0 Å². The molecule has 0 aliphatic carbocycles. The second-order valence-corrected chi connectivity index (χ2v) is 8.53. The van der Waals surface area contributed by atoms with Gasteiger partial charge in [0.1, 0.15) is 0 Å². The zero-order valence-electron chi connectivity index (χ0n) is 14.9. The minimum atomic E-state index is 0.386. The van der Waals surface area contributed by atoms with Crippen molar-refractivity contribution in [3.63, 3.8) is 0 Å². The first-order valence-corrected chi connectivity index (χ1v) is 7.86. The fourth-order valence-corrected chi connectivity index (χ4v) is 3.42. The molecule has 0 saturated heterocycles. The van der Waals surface area contributed by atoms with Gasteiger partial charge in [0.25, 0.3) is 0 Å². The highest BCUT2D eigenvalue weighted by Crippen LogP contribution is 2.53. The maximum absolute atomic E-state index is 2.48. The molecule has 0 aromatic rings. The highest BCUT2D eigenvalue weighted by molar-refractivity contribution is 4.95. The summed E-state index contributed by atoms with van der Waals surface area (Å²) < 4.78 is 0. The van der Waals surface area contributed by atoms with Gasteiger partial charge in [0.05, 0.1) is 0 Å². The quantitative estimate of drug-likeness (QED) is 0.525. The summed E-state index contributed by atoms with van der Waals surface area (Å²) in [4.78, 5) is 0. The Balaban J connectivity index is 5.59. The number of hydrogen-bond acceptors (Lipinski definition) is 0. The van der Waals surface area contributed by atoms with Gasteiger partial charge in [-0.2, -0.15) is 0 Å². The van der Waals surface area contributed by atoms with Crippen molar-refractivity contribution in [3.05, 3.63) is 0 Å². The highest BCUT2D eigenvalue weighted by atomic mass is 14.5.